The number of likely N-dealkylation sites (N-methyl/N-ethyl adjacent to an activating group) is 1. The number of benzene rings is 1. The highest BCUT2D eigenvalue weighted by Gasteiger charge is 2.31. The Balaban J connectivity index is 1.95. The molecule has 27 heavy (non-hydrogen) atoms. The highest BCUT2D eigenvalue weighted by molar-refractivity contribution is 7.98. The lowest BCUT2D eigenvalue weighted by atomic mass is 10.0. The number of quaternary nitrogens is 1. The zero-order valence-electron chi connectivity index (χ0n) is 15.9. The number of ether oxygens (including phenoxy) is 1. The van der Waals surface area contributed by atoms with Crippen LogP contribution in [0.4, 0.5) is 5.00 Å². The van der Waals surface area contributed by atoms with E-state index in [0.29, 0.717) is 22.7 Å². The molecule has 5 nitrogen and oxygen atoms in total. The van der Waals surface area contributed by atoms with E-state index >= 15 is 0 Å². The fraction of sp³-hybridized carbons (Fsp3) is 0.400. The van der Waals surface area contributed by atoms with Crippen molar-refractivity contribution < 1.29 is 19.2 Å². The average molecular weight is 406 g/mol. The average Bonchev–Trinajstić information content (AvgIpc) is 3.04. The molecule has 0 saturated heterocycles. The first kappa shape index (κ1) is 19.9. The van der Waals surface area contributed by atoms with Crippen LogP contribution in [0.1, 0.15) is 45.0 Å². The van der Waals surface area contributed by atoms with Crippen LogP contribution in [-0.2, 0) is 17.7 Å². The highest BCUT2D eigenvalue weighted by atomic mass is 32.2. The standard InChI is InChI=1S/C20H24N2O3S2/c1-4-22-11-10-13-16(12-22)27-19(17(13)20(24)25-5-2)21-18(23)14-8-6-7-9-15(14)26-3/h6-9H,4-5,10-12H2,1-3H3,(H,21,23)/p+1. The van der Waals surface area contributed by atoms with Gasteiger partial charge in [-0.25, -0.2) is 4.79 Å². The molecule has 144 valence electrons. The number of carbonyl (C=O) groups is 2. The first-order valence-electron chi connectivity index (χ1n) is 9.18. The van der Waals surface area contributed by atoms with Gasteiger partial charge in [-0.1, -0.05) is 12.1 Å². The summed E-state index contributed by atoms with van der Waals surface area (Å²) in [6.45, 7) is 7.22. The largest absolute Gasteiger partial charge is 0.462 e. The summed E-state index contributed by atoms with van der Waals surface area (Å²) < 4.78 is 5.28. The lowest BCUT2D eigenvalue weighted by Gasteiger charge is -2.22. The van der Waals surface area contributed by atoms with Gasteiger partial charge in [-0.3, -0.25) is 4.79 Å². The number of thioether (sulfide) groups is 1. The van der Waals surface area contributed by atoms with Crippen molar-refractivity contribution in [3.05, 3.63) is 45.8 Å². The molecular formula is C20H25N2O3S2+. The highest BCUT2D eigenvalue weighted by Crippen LogP contribution is 2.36. The first-order valence-corrected chi connectivity index (χ1v) is 11.2. The second-order valence-corrected chi connectivity index (χ2v) is 8.32. The van der Waals surface area contributed by atoms with Crippen molar-refractivity contribution in [1.29, 1.82) is 0 Å². The van der Waals surface area contributed by atoms with E-state index in [1.54, 1.807) is 6.92 Å². The molecule has 1 aliphatic rings. The van der Waals surface area contributed by atoms with Gasteiger partial charge in [0.05, 0.1) is 35.7 Å². The van der Waals surface area contributed by atoms with Crippen molar-refractivity contribution >= 4 is 40.0 Å². The molecule has 1 aromatic carbocycles. The van der Waals surface area contributed by atoms with Crippen LogP contribution in [0.3, 0.4) is 0 Å². The van der Waals surface area contributed by atoms with E-state index in [-0.39, 0.29) is 11.9 Å². The van der Waals surface area contributed by atoms with E-state index in [1.165, 1.54) is 32.9 Å². The predicted molar refractivity (Wildman–Crippen MR) is 110 cm³/mol. The van der Waals surface area contributed by atoms with Gasteiger partial charge in [0.1, 0.15) is 11.5 Å². The Morgan fingerprint density at radius 3 is 2.78 bits per heavy atom. The maximum absolute atomic E-state index is 12.9. The summed E-state index contributed by atoms with van der Waals surface area (Å²) in [6.07, 6.45) is 2.78. The summed E-state index contributed by atoms with van der Waals surface area (Å²) in [6, 6.07) is 7.50. The number of nitrogens with one attached hydrogen (secondary N) is 2. The fourth-order valence-electron chi connectivity index (χ4n) is 3.35. The van der Waals surface area contributed by atoms with Crippen molar-refractivity contribution in [3.63, 3.8) is 0 Å². The summed E-state index contributed by atoms with van der Waals surface area (Å²) in [7, 11) is 0. The molecule has 0 bridgehead atoms. The minimum Gasteiger partial charge on any atom is -0.462 e. The molecule has 1 aliphatic heterocycles. The number of hydrogen-bond donors (Lipinski definition) is 2. The van der Waals surface area contributed by atoms with Crippen LogP contribution in [0.15, 0.2) is 29.2 Å². The molecule has 1 aromatic heterocycles. The second-order valence-electron chi connectivity index (χ2n) is 6.36. The number of esters is 1. The van der Waals surface area contributed by atoms with E-state index in [0.717, 1.165) is 36.5 Å². The fourth-order valence-corrected chi connectivity index (χ4v) is 5.25. The van der Waals surface area contributed by atoms with Gasteiger partial charge < -0.3 is 15.0 Å². The predicted octanol–water partition coefficient (Wildman–Crippen LogP) is 2.86. The second kappa shape index (κ2) is 8.91. The van der Waals surface area contributed by atoms with Crippen LogP contribution in [0.25, 0.3) is 0 Å². The summed E-state index contributed by atoms with van der Waals surface area (Å²) in [5.74, 6) is -0.535. The molecule has 1 amide bonds. The minimum absolute atomic E-state index is 0.191. The van der Waals surface area contributed by atoms with Gasteiger partial charge in [-0.15, -0.1) is 23.1 Å². The zero-order chi connectivity index (χ0) is 19.4. The molecular weight excluding hydrogens is 380 g/mol. The lowest BCUT2D eigenvalue weighted by Crippen LogP contribution is -3.11. The van der Waals surface area contributed by atoms with Crippen molar-refractivity contribution in [2.75, 3.05) is 31.3 Å². The number of amides is 1. The monoisotopic (exact) mass is 405 g/mol. The van der Waals surface area contributed by atoms with Crippen LogP contribution in [0.5, 0.6) is 0 Å². The van der Waals surface area contributed by atoms with E-state index in [2.05, 4.69) is 12.2 Å². The van der Waals surface area contributed by atoms with E-state index < -0.39 is 0 Å². The van der Waals surface area contributed by atoms with Crippen LogP contribution in [0.2, 0.25) is 0 Å². The SMILES string of the molecule is CCOC(=O)c1c(NC(=O)c2ccccc2SC)sc2c1CC[NH+](CC)C2. The van der Waals surface area contributed by atoms with E-state index in [4.69, 9.17) is 4.74 Å². The van der Waals surface area contributed by atoms with Gasteiger partial charge in [-0.05, 0) is 37.8 Å². The Morgan fingerprint density at radius 1 is 1.30 bits per heavy atom. The smallest absolute Gasteiger partial charge is 0.341 e. The third kappa shape index (κ3) is 4.20. The number of fused-ring (bicyclic) bond motifs is 1. The van der Waals surface area contributed by atoms with E-state index in [9.17, 15) is 9.59 Å². The van der Waals surface area contributed by atoms with Crippen molar-refractivity contribution in [3.8, 4) is 0 Å². The molecule has 3 rings (SSSR count). The summed E-state index contributed by atoms with van der Waals surface area (Å²) in [4.78, 5) is 29.1. The molecule has 0 radical (unpaired) electrons. The van der Waals surface area contributed by atoms with Gasteiger partial charge >= 0.3 is 5.97 Å². The summed E-state index contributed by atoms with van der Waals surface area (Å²) in [5.41, 5.74) is 2.21. The lowest BCUT2D eigenvalue weighted by molar-refractivity contribution is -0.913. The minimum atomic E-state index is -0.344. The summed E-state index contributed by atoms with van der Waals surface area (Å²) >= 11 is 3.04. The molecule has 1 unspecified atom stereocenters. The number of rotatable bonds is 6. The van der Waals surface area contributed by atoms with Crippen LogP contribution in [0, 0.1) is 0 Å². The Hall–Kier alpha value is -1.83. The molecule has 2 heterocycles. The number of anilines is 1. The van der Waals surface area contributed by atoms with Gasteiger partial charge in [0.2, 0.25) is 0 Å². The molecule has 1 atom stereocenters. The Morgan fingerprint density at radius 2 is 2.07 bits per heavy atom. The van der Waals surface area contributed by atoms with Crippen molar-refractivity contribution in [2.24, 2.45) is 0 Å². The maximum atomic E-state index is 12.9. The quantitative estimate of drug-likeness (QED) is 0.573. The Bertz CT molecular complexity index is 848. The maximum Gasteiger partial charge on any atom is 0.341 e. The number of carbonyl (C=O) groups excluding carboxylic acids is 2. The molecule has 0 aliphatic carbocycles. The third-order valence-electron chi connectivity index (χ3n) is 4.79. The number of hydrogen-bond acceptors (Lipinski definition) is 5. The third-order valence-corrected chi connectivity index (χ3v) is 6.73. The van der Waals surface area contributed by atoms with Gasteiger partial charge in [0.15, 0.2) is 0 Å². The Kier molecular flexibility index (Phi) is 6.57. The van der Waals surface area contributed by atoms with Gasteiger partial charge in [0, 0.05) is 11.3 Å². The van der Waals surface area contributed by atoms with Crippen molar-refractivity contribution in [2.45, 2.75) is 31.7 Å². The normalized spacial score (nSPS) is 15.9. The first-order chi connectivity index (χ1) is 13.1. The van der Waals surface area contributed by atoms with Crippen molar-refractivity contribution in [1.82, 2.24) is 0 Å². The molecule has 2 aromatic rings. The number of thiophene rings is 1. The van der Waals surface area contributed by atoms with Crippen LogP contribution in [-0.4, -0.2) is 37.8 Å². The zero-order valence-corrected chi connectivity index (χ0v) is 17.5. The Labute approximate surface area is 168 Å². The van der Waals surface area contributed by atoms with Gasteiger partial charge in [-0.2, -0.15) is 0 Å². The molecule has 0 fully saturated rings. The van der Waals surface area contributed by atoms with Gasteiger partial charge in [0.25, 0.3) is 5.91 Å². The molecule has 0 spiro atoms. The molecule has 0 saturated carbocycles. The van der Waals surface area contributed by atoms with E-state index in [1.807, 2.05) is 30.5 Å². The molecule has 2 N–H and O–H groups in total. The topological polar surface area (TPSA) is 59.8 Å². The summed E-state index contributed by atoms with van der Waals surface area (Å²) in [5, 5.41) is 3.60. The van der Waals surface area contributed by atoms with Crippen LogP contribution < -0.4 is 10.2 Å². The molecule has 7 heteroatoms. The van der Waals surface area contributed by atoms with Crippen LogP contribution >= 0.6 is 23.1 Å².